The van der Waals surface area contributed by atoms with Gasteiger partial charge in [-0.25, -0.2) is 4.79 Å². The number of nitrogens with zero attached hydrogens (tertiary/aromatic N) is 1. The number of oxime groups is 1. The monoisotopic (exact) mass is 207 g/mol. The molecule has 0 radical (unpaired) electrons. The van der Waals surface area contributed by atoms with Gasteiger partial charge >= 0.3 is 5.97 Å². The Morgan fingerprint density at radius 1 is 1.40 bits per heavy atom. The molecule has 5 heteroatoms. The highest BCUT2D eigenvalue weighted by Gasteiger charge is 2.12. The van der Waals surface area contributed by atoms with E-state index in [1.54, 1.807) is 24.3 Å². The van der Waals surface area contributed by atoms with Gasteiger partial charge in [-0.15, -0.1) is 0 Å². The van der Waals surface area contributed by atoms with Crippen molar-refractivity contribution >= 4 is 11.9 Å². The molecule has 5 nitrogen and oxygen atoms in total. The fourth-order valence-electron chi connectivity index (χ4n) is 1.20. The van der Waals surface area contributed by atoms with Gasteiger partial charge in [0.2, 0.25) is 0 Å². The van der Waals surface area contributed by atoms with E-state index >= 15 is 0 Å². The van der Waals surface area contributed by atoms with Crippen LogP contribution >= 0.6 is 0 Å². The highest BCUT2D eigenvalue weighted by atomic mass is 16.8. The molecule has 1 aromatic rings. The Morgan fingerprint density at radius 2 is 2.13 bits per heavy atom. The van der Waals surface area contributed by atoms with Crippen LogP contribution in [0, 0.1) is 0 Å². The zero-order valence-electron chi connectivity index (χ0n) is 8.10. The summed E-state index contributed by atoms with van der Waals surface area (Å²) in [6.45, 7) is 0.133. The fourth-order valence-corrected chi connectivity index (χ4v) is 1.20. The lowest BCUT2D eigenvalue weighted by atomic mass is 10.1. The van der Waals surface area contributed by atoms with Gasteiger partial charge in [0.1, 0.15) is 0 Å². The summed E-state index contributed by atoms with van der Waals surface area (Å²) in [5.41, 5.74) is 1.25. The summed E-state index contributed by atoms with van der Waals surface area (Å²) in [6.07, 6.45) is 0. The number of carbonyl (C=O) groups is 1. The molecule has 0 aromatic heterocycles. The van der Waals surface area contributed by atoms with Crippen molar-refractivity contribution in [1.29, 1.82) is 0 Å². The van der Waals surface area contributed by atoms with E-state index in [-0.39, 0.29) is 12.8 Å². The van der Waals surface area contributed by atoms with Gasteiger partial charge in [0.15, 0.2) is 0 Å². The summed E-state index contributed by atoms with van der Waals surface area (Å²) in [7, 11) is 1.34. The van der Waals surface area contributed by atoms with E-state index in [1.165, 1.54) is 7.11 Å². The Hall–Kier alpha value is -2.04. The van der Waals surface area contributed by atoms with Gasteiger partial charge < -0.3 is 14.3 Å². The number of ether oxygens (including phenoxy) is 2. The van der Waals surface area contributed by atoms with Crippen LogP contribution in [0.15, 0.2) is 29.4 Å². The fraction of sp³-hybridized carbons (Fsp3) is 0.200. The quantitative estimate of drug-likeness (QED) is 0.682. The largest absolute Gasteiger partial charge is 0.465 e. The first-order valence-corrected chi connectivity index (χ1v) is 4.33. The molecule has 1 aromatic carbocycles. The van der Waals surface area contributed by atoms with Crippen LogP contribution in [0.2, 0.25) is 0 Å². The minimum Gasteiger partial charge on any atom is -0.465 e. The van der Waals surface area contributed by atoms with Gasteiger partial charge in [-0.05, 0) is 29.4 Å². The Kier molecular flexibility index (Phi) is 2.53. The van der Waals surface area contributed by atoms with Crippen molar-refractivity contribution in [2.45, 2.75) is 0 Å². The van der Waals surface area contributed by atoms with E-state index in [1.807, 2.05) is 0 Å². The van der Waals surface area contributed by atoms with E-state index in [0.29, 0.717) is 11.5 Å². The Morgan fingerprint density at radius 3 is 2.67 bits per heavy atom. The summed E-state index contributed by atoms with van der Waals surface area (Å²) in [5.74, 6) is 0.0542. The van der Waals surface area contributed by atoms with Gasteiger partial charge in [-0.1, -0.05) is 0 Å². The molecule has 0 aliphatic carbocycles. The molecule has 0 saturated carbocycles. The standard InChI is InChI=1S/C10H9NO4/c1-13-10(12)8-4-2-7(3-5-8)9-11-15-6-14-9/h2-5H,6H2,1H3. The molecule has 0 saturated heterocycles. The molecular weight excluding hydrogens is 198 g/mol. The zero-order chi connectivity index (χ0) is 10.7. The number of benzene rings is 1. The molecule has 2 rings (SSSR count). The number of hydrogen-bond acceptors (Lipinski definition) is 5. The molecule has 0 amide bonds. The number of methoxy groups -OCH3 is 1. The average molecular weight is 207 g/mol. The van der Waals surface area contributed by atoms with Gasteiger partial charge in [-0.3, -0.25) is 0 Å². The summed E-state index contributed by atoms with van der Waals surface area (Å²) < 4.78 is 9.65. The lowest BCUT2D eigenvalue weighted by Crippen LogP contribution is -2.04. The van der Waals surface area contributed by atoms with E-state index in [9.17, 15) is 4.79 Å². The second-order valence-corrected chi connectivity index (χ2v) is 2.86. The maximum Gasteiger partial charge on any atom is 0.337 e. The minimum atomic E-state index is -0.368. The number of hydrogen-bond donors (Lipinski definition) is 0. The van der Waals surface area contributed by atoms with Crippen molar-refractivity contribution in [1.82, 2.24) is 0 Å². The van der Waals surface area contributed by atoms with Crippen molar-refractivity contribution in [3.8, 4) is 0 Å². The van der Waals surface area contributed by atoms with E-state index in [2.05, 4.69) is 14.7 Å². The highest BCUT2D eigenvalue weighted by molar-refractivity contribution is 5.96. The molecular formula is C10H9NO4. The molecule has 0 fully saturated rings. The van der Waals surface area contributed by atoms with Crippen LogP contribution in [0.5, 0.6) is 0 Å². The Labute approximate surface area is 86.2 Å². The van der Waals surface area contributed by atoms with Crippen LogP contribution in [0.1, 0.15) is 15.9 Å². The Balaban J connectivity index is 2.20. The summed E-state index contributed by atoms with van der Waals surface area (Å²) in [4.78, 5) is 15.8. The predicted octanol–water partition coefficient (Wildman–Crippen LogP) is 1.14. The van der Waals surface area contributed by atoms with Crippen LogP contribution in [-0.2, 0) is 14.3 Å². The van der Waals surface area contributed by atoms with Crippen molar-refractivity contribution < 1.29 is 19.1 Å². The molecule has 1 aliphatic heterocycles. The summed E-state index contributed by atoms with van der Waals surface area (Å²) in [6, 6.07) is 6.73. The molecule has 0 spiro atoms. The second-order valence-electron chi connectivity index (χ2n) is 2.86. The first-order valence-electron chi connectivity index (χ1n) is 4.33. The third kappa shape index (κ3) is 1.90. The normalized spacial score (nSPS) is 13.8. The molecule has 0 unspecified atom stereocenters. The lowest BCUT2D eigenvalue weighted by Gasteiger charge is -2.01. The molecule has 0 N–H and O–H groups in total. The summed E-state index contributed by atoms with van der Waals surface area (Å²) in [5, 5.41) is 3.68. The first kappa shape index (κ1) is 9.51. The van der Waals surface area contributed by atoms with Crippen LogP contribution < -0.4 is 0 Å². The van der Waals surface area contributed by atoms with Gasteiger partial charge in [-0.2, -0.15) is 0 Å². The topological polar surface area (TPSA) is 57.1 Å². The van der Waals surface area contributed by atoms with Crippen molar-refractivity contribution in [2.75, 3.05) is 13.9 Å². The van der Waals surface area contributed by atoms with Crippen LogP contribution in [-0.4, -0.2) is 25.8 Å². The van der Waals surface area contributed by atoms with Gasteiger partial charge in [0.25, 0.3) is 12.7 Å². The van der Waals surface area contributed by atoms with Gasteiger partial charge in [0.05, 0.1) is 12.7 Å². The SMILES string of the molecule is COC(=O)c1ccc(C2=NOCO2)cc1. The number of carbonyl (C=O) groups excluding carboxylic acids is 1. The molecule has 1 aliphatic rings. The average Bonchev–Trinajstić information content (AvgIpc) is 2.82. The third-order valence-electron chi connectivity index (χ3n) is 1.95. The lowest BCUT2D eigenvalue weighted by molar-refractivity contribution is 0.0581. The molecule has 1 heterocycles. The van der Waals surface area contributed by atoms with Gasteiger partial charge in [0, 0.05) is 5.56 Å². The number of rotatable bonds is 2. The minimum absolute atomic E-state index is 0.133. The second kappa shape index (κ2) is 4.00. The van der Waals surface area contributed by atoms with E-state index < -0.39 is 0 Å². The molecule has 78 valence electrons. The van der Waals surface area contributed by atoms with Crippen LogP contribution in [0.4, 0.5) is 0 Å². The third-order valence-corrected chi connectivity index (χ3v) is 1.95. The smallest absolute Gasteiger partial charge is 0.337 e. The van der Waals surface area contributed by atoms with E-state index in [0.717, 1.165) is 5.56 Å². The van der Waals surface area contributed by atoms with Crippen LogP contribution in [0.3, 0.4) is 0 Å². The summed E-state index contributed by atoms with van der Waals surface area (Å²) >= 11 is 0. The first-order chi connectivity index (χ1) is 7.31. The van der Waals surface area contributed by atoms with Crippen molar-refractivity contribution in [2.24, 2.45) is 5.16 Å². The molecule has 0 bridgehead atoms. The van der Waals surface area contributed by atoms with E-state index in [4.69, 9.17) is 4.74 Å². The maximum absolute atomic E-state index is 11.1. The van der Waals surface area contributed by atoms with Crippen molar-refractivity contribution in [3.63, 3.8) is 0 Å². The van der Waals surface area contributed by atoms with Crippen LogP contribution in [0.25, 0.3) is 0 Å². The predicted molar refractivity (Wildman–Crippen MR) is 51.4 cm³/mol. The maximum atomic E-state index is 11.1. The highest BCUT2D eigenvalue weighted by Crippen LogP contribution is 2.10. The molecule has 0 atom stereocenters. The Bertz CT molecular complexity index is 396. The zero-order valence-corrected chi connectivity index (χ0v) is 8.10. The molecule has 15 heavy (non-hydrogen) atoms. The number of esters is 1. The van der Waals surface area contributed by atoms with Crippen molar-refractivity contribution in [3.05, 3.63) is 35.4 Å².